The minimum absolute atomic E-state index is 0.0301. The number of rotatable bonds is 3. The highest BCUT2D eigenvalue weighted by molar-refractivity contribution is 7.89. The number of carbonyl (C=O) groups excluding carboxylic acids is 1. The molecular weight excluding hydrogens is 344 g/mol. The third kappa shape index (κ3) is 3.16. The maximum Gasteiger partial charge on any atom is 0.307 e. The van der Waals surface area contributed by atoms with Crippen molar-refractivity contribution in [1.82, 2.24) is 4.90 Å². The molecule has 1 aromatic carbocycles. The summed E-state index contributed by atoms with van der Waals surface area (Å²) in [5.41, 5.74) is 1.38. The number of sulfonamides is 1. The molecule has 1 aliphatic heterocycles. The second kappa shape index (κ2) is 5.81. The van der Waals surface area contributed by atoms with Crippen LogP contribution in [0.25, 0.3) is 0 Å². The SMILES string of the molecule is Cc1cc(C(=O)N2CCC3(CC2)CC3C(=O)O)cc(S(N)(=O)=O)c1C. The fraction of sp³-hybridized carbons (Fsp3) is 0.529. The van der Waals surface area contributed by atoms with Crippen molar-refractivity contribution in [3.05, 3.63) is 28.8 Å². The largest absolute Gasteiger partial charge is 0.481 e. The summed E-state index contributed by atoms with van der Waals surface area (Å²) >= 11 is 0. The third-order valence-electron chi connectivity index (χ3n) is 5.71. The van der Waals surface area contributed by atoms with Gasteiger partial charge in [-0.15, -0.1) is 0 Å². The van der Waals surface area contributed by atoms with Crippen LogP contribution in [0.15, 0.2) is 17.0 Å². The molecule has 0 aromatic heterocycles. The van der Waals surface area contributed by atoms with E-state index in [0.717, 1.165) is 0 Å². The number of aliphatic carboxylic acids is 1. The van der Waals surface area contributed by atoms with Crippen LogP contribution in [0.3, 0.4) is 0 Å². The van der Waals surface area contributed by atoms with Crippen LogP contribution in [0.2, 0.25) is 0 Å². The lowest BCUT2D eigenvalue weighted by Crippen LogP contribution is -2.40. The van der Waals surface area contributed by atoms with Crippen molar-refractivity contribution in [3.63, 3.8) is 0 Å². The molecule has 1 aromatic rings. The molecular formula is C17H22N2O5S. The number of benzene rings is 1. The van der Waals surface area contributed by atoms with E-state index >= 15 is 0 Å². The number of nitrogens with two attached hydrogens (primary N) is 1. The fourth-order valence-electron chi connectivity index (χ4n) is 3.83. The molecule has 1 saturated carbocycles. The number of carbonyl (C=O) groups is 2. The van der Waals surface area contributed by atoms with Crippen molar-refractivity contribution in [2.45, 2.75) is 38.0 Å². The number of likely N-dealkylation sites (tertiary alicyclic amines) is 1. The summed E-state index contributed by atoms with van der Waals surface area (Å²) in [5.74, 6) is -1.29. The van der Waals surface area contributed by atoms with E-state index in [-0.39, 0.29) is 22.1 Å². The third-order valence-corrected chi connectivity index (χ3v) is 6.74. The van der Waals surface area contributed by atoms with E-state index in [1.165, 1.54) is 6.07 Å². The number of carboxylic acids is 1. The number of amides is 1. The number of nitrogens with zero attached hydrogens (tertiary/aromatic N) is 1. The number of primary sulfonamides is 1. The van der Waals surface area contributed by atoms with Crippen LogP contribution in [-0.4, -0.2) is 43.4 Å². The van der Waals surface area contributed by atoms with Gasteiger partial charge in [-0.3, -0.25) is 9.59 Å². The van der Waals surface area contributed by atoms with Crippen molar-refractivity contribution in [3.8, 4) is 0 Å². The average molecular weight is 366 g/mol. The zero-order chi connectivity index (χ0) is 18.6. The van der Waals surface area contributed by atoms with E-state index in [9.17, 15) is 18.0 Å². The molecule has 3 N–H and O–H groups in total. The summed E-state index contributed by atoms with van der Waals surface area (Å²) in [6.07, 6.45) is 2.02. The van der Waals surface area contributed by atoms with Crippen molar-refractivity contribution in [2.75, 3.05) is 13.1 Å². The van der Waals surface area contributed by atoms with Gasteiger partial charge in [-0.2, -0.15) is 0 Å². The predicted octanol–water partition coefficient (Wildman–Crippen LogP) is 1.28. The van der Waals surface area contributed by atoms with Crippen LogP contribution >= 0.6 is 0 Å². The normalized spacial score (nSPS) is 22.0. The van der Waals surface area contributed by atoms with Gasteiger partial charge >= 0.3 is 5.97 Å². The second-order valence-electron chi connectivity index (χ2n) is 7.21. The van der Waals surface area contributed by atoms with Gasteiger partial charge in [0, 0.05) is 18.7 Å². The molecule has 1 heterocycles. The molecule has 2 fully saturated rings. The van der Waals surface area contributed by atoms with Crippen LogP contribution < -0.4 is 5.14 Å². The number of piperidine rings is 1. The van der Waals surface area contributed by atoms with E-state index < -0.39 is 16.0 Å². The molecule has 1 unspecified atom stereocenters. The van der Waals surface area contributed by atoms with Gasteiger partial charge in [0.05, 0.1) is 10.8 Å². The van der Waals surface area contributed by atoms with Crippen LogP contribution in [0.4, 0.5) is 0 Å². The monoisotopic (exact) mass is 366 g/mol. The van der Waals surface area contributed by atoms with Crippen molar-refractivity contribution >= 4 is 21.9 Å². The number of hydrogen-bond acceptors (Lipinski definition) is 4. The second-order valence-corrected chi connectivity index (χ2v) is 8.74. The zero-order valence-electron chi connectivity index (χ0n) is 14.3. The summed E-state index contributed by atoms with van der Waals surface area (Å²) in [4.78, 5) is 25.5. The minimum atomic E-state index is -3.90. The van der Waals surface area contributed by atoms with E-state index in [0.29, 0.717) is 49.0 Å². The molecule has 1 saturated heterocycles. The maximum atomic E-state index is 12.8. The minimum Gasteiger partial charge on any atom is -0.481 e. The molecule has 8 heteroatoms. The Bertz CT molecular complexity index is 854. The maximum absolute atomic E-state index is 12.8. The Hall–Kier alpha value is -1.93. The average Bonchev–Trinajstić information content (AvgIpc) is 3.23. The van der Waals surface area contributed by atoms with E-state index in [2.05, 4.69) is 0 Å². The van der Waals surface area contributed by atoms with Crippen LogP contribution in [0, 0.1) is 25.2 Å². The highest BCUT2D eigenvalue weighted by Gasteiger charge is 2.59. The summed E-state index contributed by atoms with van der Waals surface area (Å²) in [6.45, 7) is 4.38. The quantitative estimate of drug-likeness (QED) is 0.835. The highest BCUT2D eigenvalue weighted by Crippen LogP contribution is 2.59. The molecule has 136 valence electrons. The van der Waals surface area contributed by atoms with Gasteiger partial charge in [0.2, 0.25) is 10.0 Å². The summed E-state index contributed by atoms with van der Waals surface area (Å²) < 4.78 is 23.5. The Kier molecular flexibility index (Phi) is 4.15. The van der Waals surface area contributed by atoms with Gasteiger partial charge in [-0.1, -0.05) is 0 Å². The summed E-state index contributed by atoms with van der Waals surface area (Å²) in [5, 5.41) is 14.4. The lowest BCUT2D eigenvalue weighted by Gasteiger charge is -2.33. The van der Waals surface area contributed by atoms with Gasteiger partial charge in [-0.25, -0.2) is 13.6 Å². The van der Waals surface area contributed by atoms with Crippen molar-refractivity contribution in [2.24, 2.45) is 16.5 Å². The van der Waals surface area contributed by atoms with E-state index in [1.807, 2.05) is 0 Å². The zero-order valence-corrected chi connectivity index (χ0v) is 15.1. The first-order valence-electron chi connectivity index (χ1n) is 8.21. The molecule has 25 heavy (non-hydrogen) atoms. The molecule has 0 bridgehead atoms. The van der Waals surface area contributed by atoms with Crippen LogP contribution in [0.5, 0.6) is 0 Å². The standard InChI is InChI=1S/C17H22N2O5S/c1-10-7-12(8-14(11(10)2)25(18,23)24)15(20)19-5-3-17(4-6-19)9-13(17)16(21)22/h7-8,13H,3-6,9H2,1-2H3,(H,21,22)(H2,18,23,24). The smallest absolute Gasteiger partial charge is 0.307 e. The van der Waals surface area contributed by atoms with Gasteiger partial charge in [0.1, 0.15) is 0 Å². The van der Waals surface area contributed by atoms with Crippen molar-refractivity contribution in [1.29, 1.82) is 0 Å². The number of hydrogen-bond donors (Lipinski definition) is 2. The predicted molar refractivity (Wildman–Crippen MR) is 90.6 cm³/mol. The Balaban J connectivity index is 1.79. The highest BCUT2D eigenvalue weighted by atomic mass is 32.2. The van der Waals surface area contributed by atoms with Gasteiger partial charge < -0.3 is 10.0 Å². The first-order valence-corrected chi connectivity index (χ1v) is 9.76. The molecule has 3 rings (SSSR count). The van der Waals surface area contributed by atoms with Gasteiger partial charge in [0.15, 0.2) is 0 Å². The van der Waals surface area contributed by atoms with E-state index in [4.69, 9.17) is 10.2 Å². The molecule has 0 radical (unpaired) electrons. The van der Waals surface area contributed by atoms with Crippen LogP contribution in [-0.2, 0) is 14.8 Å². The topological polar surface area (TPSA) is 118 Å². The first-order chi connectivity index (χ1) is 11.5. The van der Waals surface area contributed by atoms with E-state index in [1.54, 1.807) is 24.8 Å². The lowest BCUT2D eigenvalue weighted by molar-refractivity contribution is -0.139. The lowest BCUT2D eigenvalue weighted by atomic mass is 9.90. The number of aryl methyl sites for hydroxylation is 1. The molecule has 2 aliphatic rings. The first kappa shape index (κ1) is 17.9. The fourth-order valence-corrected chi connectivity index (χ4v) is 4.71. The van der Waals surface area contributed by atoms with Gasteiger partial charge in [-0.05, 0) is 61.8 Å². The molecule has 1 spiro atoms. The Labute approximate surface area is 146 Å². The molecule has 1 amide bonds. The molecule has 1 atom stereocenters. The number of carboxylic acid groups (broad SMARTS) is 1. The molecule has 1 aliphatic carbocycles. The van der Waals surface area contributed by atoms with Crippen molar-refractivity contribution < 1.29 is 23.1 Å². The summed E-state index contributed by atoms with van der Waals surface area (Å²) in [7, 11) is -3.90. The summed E-state index contributed by atoms with van der Waals surface area (Å²) in [6, 6.07) is 3.01. The van der Waals surface area contributed by atoms with Crippen LogP contribution in [0.1, 0.15) is 40.7 Å². The Morgan fingerprint density at radius 3 is 2.32 bits per heavy atom. The van der Waals surface area contributed by atoms with Gasteiger partial charge in [0.25, 0.3) is 5.91 Å². The Morgan fingerprint density at radius 1 is 1.24 bits per heavy atom. The molecule has 7 nitrogen and oxygen atoms in total. The Morgan fingerprint density at radius 2 is 1.84 bits per heavy atom.